The van der Waals surface area contributed by atoms with Gasteiger partial charge in [0.2, 0.25) is 0 Å². The van der Waals surface area contributed by atoms with Crippen molar-refractivity contribution in [3.63, 3.8) is 0 Å². The number of carbonyl (C=O) groups is 1. The van der Waals surface area contributed by atoms with E-state index in [1.54, 1.807) is 6.08 Å². The van der Waals surface area contributed by atoms with Gasteiger partial charge < -0.3 is 15.7 Å². The summed E-state index contributed by atoms with van der Waals surface area (Å²) in [5, 5.41) is 15.5. The van der Waals surface area contributed by atoms with E-state index in [0.29, 0.717) is 6.54 Å². The van der Waals surface area contributed by atoms with Crippen molar-refractivity contribution < 1.29 is 9.90 Å². The Hall–Kier alpha value is -1.13. The Morgan fingerprint density at radius 1 is 1.44 bits per heavy atom. The maximum Gasteiger partial charge on any atom is 0.308 e. The molecule has 0 bridgehead atoms. The second kappa shape index (κ2) is 9.85. The van der Waals surface area contributed by atoms with Crippen LogP contribution in [0.15, 0.2) is 24.3 Å². The zero-order valence-electron chi connectivity index (χ0n) is 11.7. The van der Waals surface area contributed by atoms with Gasteiger partial charge in [0.1, 0.15) is 0 Å². The molecule has 0 aromatic rings. The van der Waals surface area contributed by atoms with E-state index in [0.717, 1.165) is 25.2 Å². The third-order valence-corrected chi connectivity index (χ3v) is 2.92. The molecular weight excluding hydrogens is 228 g/mol. The van der Waals surface area contributed by atoms with E-state index >= 15 is 0 Å². The molecular formula is C14H26N2O2. The Labute approximate surface area is 110 Å². The molecule has 1 fully saturated rings. The van der Waals surface area contributed by atoms with Crippen molar-refractivity contribution in [3.8, 4) is 0 Å². The van der Waals surface area contributed by atoms with Crippen LogP contribution in [0.5, 0.6) is 0 Å². The van der Waals surface area contributed by atoms with E-state index < -0.39 is 5.97 Å². The standard InChI is InChI=1S/C12H20N2O2.C2H6/c1-3-5-9(6-13-4-2)10-7-14-8-11(10)12(15)16;1-2/h3,5,10-11,13-14H,1,4,6-8H2,2H3,(H,15,16);1-2H3/b9-5+;. The topological polar surface area (TPSA) is 61.4 Å². The molecule has 18 heavy (non-hydrogen) atoms. The van der Waals surface area contributed by atoms with Gasteiger partial charge in [-0.3, -0.25) is 4.79 Å². The Morgan fingerprint density at radius 2 is 2.06 bits per heavy atom. The van der Waals surface area contributed by atoms with E-state index in [9.17, 15) is 4.79 Å². The number of carboxylic acids is 1. The number of rotatable bonds is 6. The number of nitrogens with one attached hydrogen (secondary N) is 2. The molecule has 4 heteroatoms. The van der Waals surface area contributed by atoms with Gasteiger partial charge in [0.15, 0.2) is 0 Å². The molecule has 1 heterocycles. The highest BCUT2D eigenvalue weighted by Gasteiger charge is 2.34. The Bertz CT molecular complexity index is 288. The lowest BCUT2D eigenvalue weighted by Crippen LogP contribution is -2.28. The molecule has 4 nitrogen and oxygen atoms in total. The molecule has 1 aliphatic rings. The summed E-state index contributed by atoms with van der Waals surface area (Å²) in [6.07, 6.45) is 3.65. The lowest BCUT2D eigenvalue weighted by molar-refractivity contribution is -0.141. The van der Waals surface area contributed by atoms with E-state index in [1.807, 2.05) is 26.8 Å². The molecule has 1 saturated heterocycles. The second-order valence-corrected chi connectivity index (χ2v) is 3.97. The fraction of sp³-hybridized carbons (Fsp3) is 0.643. The molecule has 0 aliphatic carbocycles. The first-order valence-electron chi connectivity index (χ1n) is 6.66. The van der Waals surface area contributed by atoms with E-state index in [4.69, 9.17) is 5.11 Å². The molecule has 0 aromatic heterocycles. The summed E-state index contributed by atoms with van der Waals surface area (Å²) in [4.78, 5) is 11.1. The highest BCUT2D eigenvalue weighted by molar-refractivity contribution is 5.71. The average molecular weight is 254 g/mol. The smallest absolute Gasteiger partial charge is 0.308 e. The number of hydrogen-bond donors (Lipinski definition) is 3. The fourth-order valence-electron chi connectivity index (χ4n) is 2.06. The predicted molar refractivity (Wildman–Crippen MR) is 75.7 cm³/mol. The summed E-state index contributed by atoms with van der Waals surface area (Å²) in [5.74, 6) is -0.958. The van der Waals surface area contributed by atoms with Crippen LogP contribution in [-0.4, -0.2) is 37.3 Å². The quantitative estimate of drug-likeness (QED) is 0.631. The van der Waals surface area contributed by atoms with Crippen LogP contribution in [0.1, 0.15) is 20.8 Å². The van der Waals surface area contributed by atoms with Crippen LogP contribution in [-0.2, 0) is 4.79 Å². The molecule has 0 spiro atoms. The van der Waals surface area contributed by atoms with E-state index in [1.165, 1.54) is 0 Å². The monoisotopic (exact) mass is 254 g/mol. The molecule has 1 aliphatic heterocycles. The summed E-state index contributed by atoms with van der Waals surface area (Å²) in [6.45, 7) is 12.6. The van der Waals surface area contributed by atoms with Gasteiger partial charge in [-0.25, -0.2) is 0 Å². The van der Waals surface area contributed by atoms with Crippen molar-refractivity contribution in [3.05, 3.63) is 24.3 Å². The Balaban J connectivity index is 0.00000137. The maximum absolute atomic E-state index is 11.1. The third kappa shape index (κ3) is 5.02. The summed E-state index contributed by atoms with van der Waals surface area (Å²) in [7, 11) is 0. The minimum atomic E-state index is -0.721. The number of likely N-dealkylation sites (N-methyl/N-ethyl adjacent to an activating group) is 1. The van der Waals surface area contributed by atoms with Crippen LogP contribution < -0.4 is 10.6 Å². The fourth-order valence-corrected chi connectivity index (χ4v) is 2.06. The Morgan fingerprint density at radius 3 is 2.56 bits per heavy atom. The van der Waals surface area contributed by atoms with Gasteiger partial charge in [0.05, 0.1) is 5.92 Å². The number of allylic oxidation sites excluding steroid dienone is 2. The number of hydrogen-bond acceptors (Lipinski definition) is 3. The van der Waals surface area contributed by atoms with Crippen LogP contribution in [0.4, 0.5) is 0 Å². The van der Waals surface area contributed by atoms with E-state index in [2.05, 4.69) is 17.2 Å². The summed E-state index contributed by atoms with van der Waals surface area (Å²) < 4.78 is 0. The normalized spacial score (nSPS) is 23.2. The second-order valence-electron chi connectivity index (χ2n) is 3.97. The first-order chi connectivity index (χ1) is 8.70. The third-order valence-electron chi connectivity index (χ3n) is 2.92. The van der Waals surface area contributed by atoms with Gasteiger partial charge in [-0.05, 0) is 6.54 Å². The van der Waals surface area contributed by atoms with Crippen LogP contribution >= 0.6 is 0 Å². The molecule has 0 radical (unpaired) electrons. The van der Waals surface area contributed by atoms with Crippen molar-refractivity contribution in [2.45, 2.75) is 20.8 Å². The molecule has 0 saturated carbocycles. The van der Waals surface area contributed by atoms with Crippen molar-refractivity contribution in [1.29, 1.82) is 0 Å². The first-order valence-corrected chi connectivity index (χ1v) is 6.66. The van der Waals surface area contributed by atoms with Gasteiger partial charge in [-0.2, -0.15) is 0 Å². The molecule has 0 aromatic carbocycles. The zero-order valence-corrected chi connectivity index (χ0v) is 11.7. The van der Waals surface area contributed by atoms with Gasteiger partial charge in [-0.15, -0.1) is 0 Å². The zero-order chi connectivity index (χ0) is 14.0. The average Bonchev–Trinajstić information content (AvgIpc) is 2.86. The number of aliphatic carboxylic acids is 1. The minimum Gasteiger partial charge on any atom is -0.481 e. The SMILES string of the molecule is C=C/C=C(\CNCC)C1CNCC1C(=O)O.CC. The lowest BCUT2D eigenvalue weighted by Gasteiger charge is -2.18. The summed E-state index contributed by atoms with van der Waals surface area (Å²) in [6, 6.07) is 0. The van der Waals surface area contributed by atoms with Crippen LogP contribution in [0.25, 0.3) is 0 Å². The number of carboxylic acid groups (broad SMARTS) is 1. The minimum absolute atomic E-state index is 0.0783. The Kier molecular flexibility index (Phi) is 9.24. The first kappa shape index (κ1) is 16.9. The van der Waals surface area contributed by atoms with Gasteiger partial charge >= 0.3 is 5.97 Å². The van der Waals surface area contributed by atoms with Gasteiger partial charge in [0.25, 0.3) is 0 Å². The van der Waals surface area contributed by atoms with Crippen LogP contribution in [0, 0.1) is 11.8 Å². The van der Waals surface area contributed by atoms with Crippen molar-refractivity contribution in [2.24, 2.45) is 11.8 Å². The predicted octanol–water partition coefficient (Wildman–Crippen LogP) is 1.65. The van der Waals surface area contributed by atoms with Gasteiger partial charge in [0, 0.05) is 25.6 Å². The molecule has 2 unspecified atom stereocenters. The highest BCUT2D eigenvalue weighted by Crippen LogP contribution is 2.24. The maximum atomic E-state index is 11.1. The lowest BCUT2D eigenvalue weighted by atomic mass is 9.88. The molecule has 1 rings (SSSR count). The van der Waals surface area contributed by atoms with Crippen molar-refractivity contribution >= 4 is 5.97 Å². The largest absolute Gasteiger partial charge is 0.481 e. The van der Waals surface area contributed by atoms with Crippen LogP contribution in [0.3, 0.4) is 0 Å². The van der Waals surface area contributed by atoms with Crippen LogP contribution in [0.2, 0.25) is 0 Å². The van der Waals surface area contributed by atoms with E-state index in [-0.39, 0.29) is 11.8 Å². The van der Waals surface area contributed by atoms with Gasteiger partial charge in [-0.1, -0.05) is 45.1 Å². The summed E-state index contributed by atoms with van der Waals surface area (Å²) >= 11 is 0. The summed E-state index contributed by atoms with van der Waals surface area (Å²) in [5.41, 5.74) is 1.12. The highest BCUT2D eigenvalue weighted by atomic mass is 16.4. The molecule has 2 atom stereocenters. The molecule has 104 valence electrons. The van der Waals surface area contributed by atoms with Crippen molar-refractivity contribution in [2.75, 3.05) is 26.2 Å². The van der Waals surface area contributed by atoms with Crippen molar-refractivity contribution in [1.82, 2.24) is 10.6 Å². The molecule has 0 amide bonds. The molecule has 3 N–H and O–H groups in total.